The normalized spacial score (nSPS) is 15.4. The first-order valence-electron chi connectivity index (χ1n) is 8.11. The molecule has 1 aliphatic rings. The number of methoxy groups -OCH3 is 1. The molecule has 1 fully saturated rings. The minimum absolute atomic E-state index is 0.171. The van der Waals surface area contributed by atoms with Crippen molar-refractivity contribution in [3.63, 3.8) is 0 Å². The van der Waals surface area contributed by atoms with E-state index < -0.39 is 5.91 Å². The van der Waals surface area contributed by atoms with Gasteiger partial charge in [0.05, 0.1) is 17.3 Å². The number of thiazole rings is 1. The molecule has 0 saturated carbocycles. The molecule has 0 aliphatic carbocycles. The predicted octanol–water partition coefficient (Wildman–Crippen LogP) is 1.70. The summed E-state index contributed by atoms with van der Waals surface area (Å²) >= 11 is 1.40. The van der Waals surface area contributed by atoms with Crippen LogP contribution in [-0.4, -0.2) is 40.8 Å². The second-order valence-electron chi connectivity index (χ2n) is 5.75. The number of carbonyl (C=O) groups is 3. The van der Waals surface area contributed by atoms with Crippen LogP contribution in [0, 0.1) is 0 Å². The van der Waals surface area contributed by atoms with Crippen molar-refractivity contribution in [2.45, 2.75) is 32.7 Å². The molecule has 0 radical (unpaired) electrons. The first kappa shape index (κ1) is 17.3. The lowest BCUT2D eigenvalue weighted by Crippen LogP contribution is -2.34. The molecule has 2 aromatic rings. The molecule has 25 heavy (non-hydrogen) atoms. The largest absolute Gasteiger partial charge is 0.497 e. The van der Waals surface area contributed by atoms with Crippen LogP contribution >= 0.6 is 11.3 Å². The number of amides is 3. The van der Waals surface area contributed by atoms with E-state index in [4.69, 9.17) is 4.74 Å². The van der Waals surface area contributed by atoms with E-state index in [2.05, 4.69) is 4.99 Å². The Balaban J connectivity index is 1.97. The third-order valence-electron chi connectivity index (χ3n) is 4.00. The molecule has 1 aliphatic heterocycles. The van der Waals surface area contributed by atoms with Gasteiger partial charge in [0.25, 0.3) is 5.91 Å². The summed E-state index contributed by atoms with van der Waals surface area (Å²) < 4.78 is 8.23. The van der Waals surface area contributed by atoms with Gasteiger partial charge in [-0.3, -0.25) is 19.3 Å². The number of rotatable bonds is 5. The molecule has 1 aromatic carbocycles. The van der Waals surface area contributed by atoms with Crippen molar-refractivity contribution in [2.24, 2.45) is 4.99 Å². The van der Waals surface area contributed by atoms with Gasteiger partial charge in [-0.05, 0) is 18.6 Å². The van der Waals surface area contributed by atoms with Gasteiger partial charge in [0.15, 0.2) is 4.80 Å². The Morgan fingerprint density at radius 1 is 1.28 bits per heavy atom. The number of benzene rings is 1. The standard InChI is InChI=1S/C17H19N3O4S/c1-3-8-19-12-9-11(24-2)4-5-13(12)25-17(19)18-14(21)10-20-15(22)6-7-16(20)23/h4-5,9H,3,6-8,10H2,1-2H3. The lowest BCUT2D eigenvalue weighted by molar-refractivity contribution is -0.141. The highest BCUT2D eigenvalue weighted by Gasteiger charge is 2.30. The zero-order chi connectivity index (χ0) is 18.0. The van der Waals surface area contributed by atoms with Crippen LogP contribution < -0.4 is 9.54 Å². The van der Waals surface area contributed by atoms with Gasteiger partial charge in [0.2, 0.25) is 11.8 Å². The Labute approximate surface area is 148 Å². The minimum Gasteiger partial charge on any atom is -0.497 e. The van der Waals surface area contributed by atoms with Crippen molar-refractivity contribution in [2.75, 3.05) is 13.7 Å². The molecule has 3 amide bonds. The molecule has 7 nitrogen and oxygen atoms in total. The Hall–Kier alpha value is -2.48. The van der Waals surface area contributed by atoms with E-state index in [0.29, 0.717) is 11.3 Å². The van der Waals surface area contributed by atoms with Crippen LogP contribution in [0.4, 0.5) is 0 Å². The highest BCUT2D eigenvalue weighted by atomic mass is 32.1. The zero-order valence-corrected chi connectivity index (χ0v) is 15.0. The van der Waals surface area contributed by atoms with Crippen LogP contribution in [-0.2, 0) is 20.9 Å². The molecule has 0 unspecified atom stereocenters. The van der Waals surface area contributed by atoms with Crippen LogP contribution in [0.15, 0.2) is 23.2 Å². The molecule has 132 valence electrons. The van der Waals surface area contributed by atoms with E-state index in [1.807, 2.05) is 29.7 Å². The van der Waals surface area contributed by atoms with Gasteiger partial charge in [0.1, 0.15) is 12.3 Å². The second-order valence-corrected chi connectivity index (χ2v) is 6.76. The lowest BCUT2D eigenvalue weighted by Gasteiger charge is -2.10. The van der Waals surface area contributed by atoms with Gasteiger partial charge in [-0.1, -0.05) is 18.3 Å². The van der Waals surface area contributed by atoms with E-state index in [1.165, 1.54) is 11.3 Å². The van der Waals surface area contributed by atoms with Gasteiger partial charge in [-0.15, -0.1) is 0 Å². The van der Waals surface area contributed by atoms with Gasteiger partial charge in [0, 0.05) is 25.5 Å². The van der Waals surface area contributed by atoms with Gasteiger partial charge in [-0.2, -0.15) is 4.99 Å². The number of hydrogen-bond acceptors (Lipinski definition) is 5. The maximum atomic E-state index is 12.3. The number of fused-ring (bicyclic) bond motifs is 1. The Bertz CT molecular complexity index is 896. The van der Waals surface area contributed by atoms with Crippen LogP contribution in [0.2, 0.25) is 0 Å². The number of likely N-dealkylation sites (tertiary alicyclic amines) is 1. The van der Waals surface area contributed by atoms with Crippen molar-refractivity contribution in [1.82, 2.24) is 9.47 Å². The molecule has 2 heterocycles. The van der Waals surface area contributed by atoms with Gasteiger partial charge >= 0.3 is 0 Å². The average molecular weight is 361 g/mol. The molecular formula is C17H19N3O4S. The van der Waals surface area contributed by atoms with Crippen LogP contribution in [0.5, 0.6) is 5.75 Å². The van der Waals surface area contributed by atoms with E-state index in [0.717, 1.165) is 27.3 Å². The SMILES string of the molecule is CCCn1c(=NC(=O)CN2C(=O)CCC2=O)sc2ccc(OC)cc21. The highest BCUT2D eigenvalue weighted by molar-refractivity contribution is 7.16. The van der Waals surface area contributed by atoms with Crippen molar-refractivity contribution in [1.29, 1.82) is 0 Å². The maximum Gasteiger partial charge on any atom is 0.268 e. The fourth-order valence-corrected chi connectivity index (χ4v) is 3.83. The number of carbonyl (C=O) groups excluding carboxylic acids is 3. The van der Waals surface area contributed by atoms with Crippen LogP contribution in [0.3, 0.4) is 0 Å². The summed E-state index contributed by atoms with van der Waals surface area (Å²) in [4.78, 5) is 41.3. The minimum atomic E-state index is -0.494. The van der Waals surface area contributed by atoms with Gasteiger partial charge < -0.3 is 9.30 Å². The van der Waals surface area contributed by atoms with E-state index >= 15 is 0 Å². The summed E-state index contributed by atoms with van der Waals surface area (Å²) in [5, 5.41) is 0. The molecule has 8 heteroatoms. The van der Waals surface area contributed by atoms with Crippen molar-refractivity contribution in [3.05, 3.63) is 23.0 Å². The number of aromatic nitrogens is 1. The molecular weight excluding hydrogens is 342 g/mol. The number of ether oxygens (including phenoxy) is 1. The summed E-state index contributed by atoms with van der Waals surface area (Å²) in [6.07, 6.45) is 1.22. The van der Waals surface area contributed by atoms with Gasteiger partial charge in [-0.25, -0.2) is 0 Å². The Morgan fingerprint density at radius 3 is 2.64 bits per heavy atom. The quantitative estimate of drug-likeness (QED) is 0.759. The molecule has 0 N–H and O–H groups in total. The van der Waals surface area contributed by atoms with Crippen molar-refractivity contribution < 1.29 is 19.1 Å². The lowest BCUT2D eigenvalue weighted by atomic mass is 10.3. The fraction of sp³-hybridized carbons (Fsp3) is 0.412. The summed E-state index contributed by atoms with van der Waals surface area (Å²) in [6.45, 7) is 2.46. The molecule has 0 bridgehead atoms. The topological polar surface area (TPSA) is 81.0 Å². The fourth-order valence-electron chi connectivity index (χ4n) is 2.78. The second kappa shape index (κ2) is 7.18. The molecule has 1 saturated heterocycles. The predicted molar refractivity (Wildman–Crippen MR) is 93.2 cm³/mol. The molecule has 0 spiro atoms. The highest BCUT2D eigenvalue weighted by Crippen LogP contribution is 2.23. The number of nitrogens with zero attached hydrogens (tertiary/aromatic N) is 3. The van der Waals surface area contributed by atoms with E-state index in [9.17, 15) is 14.4 Å². The van der Waals surface area contributed by atoms with E-state index in [-0.39, 0.29) is 31.2 Å². The van der Waals surface area contributed by atoms with E-state index in [1.54, 1.807) is 7.11 Å². The van der Waals surface area contributed by atoms with Crippen LogP contribution in [0.25, 0.3) is 10.2 Å². The van der Waals surface area contributed by atoms with Crippen molar-refractivity contribution >= 4 is 39.3 Å². The molecule has 0 atom stereocenters. The summed E-state index contributed by atoms with van der Waals surface area (Å²) in [5.74, 6) is -0.375. The van der Waals surface area contributed by atoms with Crippen molar-refractivity contribution in [3.8, 4) is 5.75 Å². The molecule has 1 aromatic heterocycles. The monoisotopic (exact) mass is 361 g/mol. The molecule has 3 rings (SSSR count). The first-order valence-corrected chi connectivity index (χ1v) is 8.93. The summed E-state index contributed by atoms with van der Waals surface area (Å²) in [6, 6.07) is 5.71. The zero-order valence-electron chi connectivity index (χ0n) is 14.2. The number of imide groups is 1. The Kier molecular flexibility index (Phi) is 4.98. The summed E-state index contributed by atoms with van der Waals surface area (Å²) in [7, 11) is 1.61. The smallest absolute Gasteiger partial charge is 0.268 e. The Morgan fingerprint density at radius 2 is 2.00 bits per heavy atom. The first-order chi connectivity index (χ1) is 12.0. The van der Waals surface area contributed by atoms with Crippen LogP contribution in [0.1, 0.15) is 26.2 Å². The number of hydrogen-bond donors (Lipinski definition) is 0. The third kappa shape index (κ3) is 3.48. The summed E-state index contributed by atoms with van der Waals surface area (Å²) in [5.41, 5.74) is 0.950. The average Bonchev–Trinajstić information content (AvgIpc) is 3.09. The maximum absolute atomic E-state index is 12.3. The number of aryl methyl sites for hydroxylation is 1. The third-order valence-corrected chi connectivity index (χ3v) is 5.06.